The van der Waals surface area contributed by atoms with Crippen LogP contribution in [0, 0.1) is 5.92 Å². The van der Waals surface area contributed by atoms with Gasteiger partial charge in [-0.2, -0.15) is 0 Å². The van der Waals surface area contributed by atoms with Gasteiger partial charge in [0.25, 0.3) is 5.91 Å². The van der Waals surface area contributed by atoms with Crippen LogP contribution in [-0.4, -0.2) is 72.5 Å². The van der Waals surface area contributed by atoms with Crippen LogP contribution in [0.3, 0.4) is 0 Å². The first-order valence-corrected chi connectivity index (χ1v) is 13.1. The SMILES string of the molecule is O=C1Nc2cccnc2N(C(=O)NCCN2CCCC(CCN3CCCCC3)C2)c2ccccc21. The maximum absolute atomic E-state index is 13.4. The number of likely N-dealkylation sites (tertiary alicyclic amines) is 2. The fourth-order valence-corrected chi connectivity index (χ4v) is 5.58. The lowest BCUT2D eigenvalue weighted by atomic mass is 9.94. The van der Waals surface area contributed by atoms with E-state index in [4.69, 9.17) is 0 Å². The number of benzene rings is 1. The molecule has 1 aromatic carbocycles. The number of pyridine rings is 1. The molecule has 8 nitrogen and oxygen atoms in total. The Kier molecular flexibility index (Phi) is 7.59. The van der Waals surface area contributed by atoms with E-state index in [9.17, 15) is 9.59 Å². The molecule has 0 bridgehead atoms. The molecule has 35 heavy (non-hydrogen) atoms. The number of fused-ring (bicyclic) bond motifs is 2. The van der Waals surface area contributed by atoms with Crippen molar-refractivity contribution < 1.29 is 9.59 Å². The average molecular weight is 477 g/mol. The maximum atomic E-state index is 13.4. The molecular formula is C27H36N6O2. The summed E-state index contributed by atoms with van der Waals surface area (Å²) in [6.07, 6.45) is 9.53. The molecule has 0 radical (unpaired) electrons. The Hall–Kier alpha value is -2.97. The molecule has 3 amide bonds. The first-order valence-electron chi connectivity index (χ1n) is 13.1. The van der Waals surface area contributed by atoms with Gasteiger partial charge in [0.15, 0.2) is 5.82 Å². The lowest BCUT2D eigenvalue weighted by Crippen LogP contribution is -2.44. The summed E-state index contributed by atoms with van der Waals surface area (Å²) in [5.41, 5.74) is 1.51. The molecule has 0 spiro atoms. The van der Waals surface area contributed by atoms with Gasteiger partial charge in [0.2, 0.25) is 0 Å². The van der Waals surface area contributed by atoms with Crippen molar-refractivity contribution in [2.24, 2.45) is 5.92 Å². The molecule has 1 aromatic heterocycles. The number of aromatic nitrogens is 1. The van der Waals surface area contributed by atoms with Crippen LogP contribution in [0.1, 0.15) is 48.9 Å². The second kappa shape index (κ2) is 11.2. The number of carbonyl (C=O) groups is 2. The normalized spacial score (nSPS) is 21.0. The number of piperidine rings is 2. The smallest absolute Gasteiger partial charge is 0.327 e. The molecule has 0 aliphatic carbocycles. The minimum atomic E-state index is -0.271. The van der Waals surface area contributed by atoms with Gasteiger partial charge in [-0.05, 0) is 88.5 Å². The third-order valence-electron chi connectivity index (χ3n) is 7.45. The Labute approximate surface area is 207 Å². The van der Waals surface area contributed by atoms with Gasteiger partial charge in [-0.25, -0.2) is 14.7 Å². The second-order valence-corrected chi connectivity index (χ2v) is 9.91. The molecule has 5 rings (SSSR count). The second-order valence-electron chi connectivity index (χ2n) is 9.91. The summed E-state index contributed by atoms with van der Waals surface area (Å²) < 4.78 is 0. The van der Waals surface area contributed by atoms with E-state index in [1.54, 1.807) is 36.5 Å². The highest BCUT2D eigenvalue weighted by Gasteiger charge is 2.30. The first kappa shape index (κ1) is 23.8. The molecule has 2 N–H and O–H groups in total. The average Bonchev–Trinajstić information content (AvgIpc) is 3.02. The number of para-hydroxylation sites is 1. The van der Waals surface area contributed by atoms with Gasteiger partial charge in [0.05, 0.1) is 16.9 Å². The third kappa shape index (κ3) is 5.65. The molecule has 2 aromatic rings. The number of nitrogens with zero attached hydrogens (tertiary/aromatic N) is 4. The molecule has 3 aliphatic rings. The third-order valence-corrected chi connectivity index (χ3v) is 7.45. The van der Waals surface area contributed by atoms with Gasteiger partial charge >= 0.3 is 6.03 Å². The monoisotopic (exact) mass is 476 g/mol. The van der Waals surface area contributed by atoms with Crippen molar-refractivity contribution in [2.75, 3.05) is 56.0 Å². The predicted octanol–water partition coefficient (Wildman–Crippen LogP) is 4.08. The summed E-state index contributed by atoms with van der Waals surface area (Å²) in [6, 6.07) is 10.4. The topological polar surface area (TPSA) is 80.8 Å². The van der Waals surface area contributed by atoms with E-state index in [1.807, 2.05) is 6.07 Å². The maximum Gasteiger partial charge on any atom is 0.327 e. The first-order chi connectivity index (χ1) is 17.2. The Morgan fingerprint density at radius 1 is 1.00 bits per heavy atom. The van der Waals surface area contributed by atoms with Crippen LogP contribution >= 0.6 is 0 Å². The van der Waals surface area contributed by atoms with E-state index in [-0.39, 0.29) is 11.9 Å². The Morgan fingerprint density at radius 2 is 1.83 bits per heavy atom. The Balaban J connectivity index is 1.18. The highest BCUT2D eigenvalue weighted by atomic mass is 16.2. The highest BCUT2D eigenvalue weighted by molar-refractivity contribution is 6.16. The van der Waals surface area contributed by atoms with Crippen LogP contribution in [0.5, 0.6) is 0 Å². The quantitative estimate of drug-likeness (QED) is 0.657. The molecule has 0 saturated carbocycles. The van der Waals surface area contributed by atoms with Crippen molar-refractivity contribution in [3.63, 3.8) is 0 Å². The largest absolute Gasteiger partial charge is 0.336 e. The van der Waals surface area contributed by atoms with Crippen molar-refractivity contribution in [3.05, 3.63) is 48.2 Å². The van der Waals surface area contributed by atoms with Crippen LogP contribution in [0.4, 0.5) is 22.0 Å². The van der Waals surface area contributed by atoms with E-state index < -0.39 is 0 Å². The molecule has 1 atom stereocenters. The van der Waals surface area contributed by atoms with E-state index in [0.29, 0.717) is 29.3 Å². The number of urea groups is 1. The number of nitrogens with one attached hydrogen (secondary N) is 2. The summed E-state index contributed by atoms with van der Waals surface area (Å²) in [5.74, 6) is 0.931. The van der Waals surface area contributed by atoms with Crippen molar-refractivity contribution in [2.45, 2.75) is 38.5 Å². The van der Waals surface area contributed by atoms with Gasteiger partial charge in [0.1, 0.15) is 0 Å². The van der Waals surface area contributed by atoms with Crippen molar-refractivity contribution in [1.29, 1.82) is 0 Å². The number of anilines is 3. The fraction of sp³-hybridized carbons (Fsp3) is 0.519. The lowest BCUT2D eigenvalue weighted by molar-refractivity contribution is 0.102. The summed E-state index contributed by atoms with van der Waals surface area (Å²) >= 11 is 0. The number of amides is 3. The van der Waals surface area contributed by atoms with Crippen molar-refractivity contribution in [1.82, 2.24) is 20.1 Å². The van der Waals surface area contributed by atoms with E-state index in [2.05, 4.69) is 25.4 Å². The summed E-state index contributed by atoms with van der Waals surface area (Å²) in [7, 11) is 0. The minimum absolute atomic E-state index is 0.242. The van der Waals surface area contributed by atoms with E-state index in [0.717, 1.165) is 25.6 Å². The number of hydrogen-bond donors (Lipinski definition) is 2. The van der Waals surface area contributed by atoms with Gasteiger partial charge in [0, 0.05) is 25.8 Å². The van der Waals surface area contributed by atoms with Gasteiger partial charge in [-0.15, -0.1) is 0 Å². The minimum Gasteiger partial charge on any atom is -0.336 e. The van der Waals surface area contributed by atoms with Crippen LogP contribution in [-0.2, 0) is 0 Å². The number of hydrogen-bond acceptors (Lipinski definition) is 5. The van der Waals surface area contributed by atoms with Crippen LogP contribution in [0.15, 0.2) is 42.6 Å². The Morgan fingerprint density at radius 3 is 2.71 bits per heavy atom. The molecule has 1 unspecified atom stereocenters. The van der Waals surface area contributed by atoms with Crippen LogP contribution in [0.25, 0.3) is 0 Å². The number of rotatable bonds is 6. The van der Waals surface area contributed by atoms with Crippen molar-refractivity contribution >= 4 is 29.1 Å². The standard InChI is InChI=1S/C27H36N6O2/c34-26-22-9-2-3-11-24(22)33(25-23(30-26)10-6-13-28-25)27(35)29-14-19-32-17-7-8-21(20-32)12-18-31-15-4-1-5-16-31/h2-3,6,9-11,13,21H,1,4-5,7-8,12,14-20H2,(H,29,35)(H,30,34). The zero-order chi connectivity index (χ0) is 24.0. The highest BCUT2D eigenvalue weighted by Crippen LogP contribution is 2.36. The molecule has 2 saturated heterocycles. The summed E-state index contributed by atoms with van der Waals surface area (Å²) in [6.45, 7) is 7.34. The van der Waals surface area contributed by atoms with Gasteiger partial charge in [-0.3, -0.25) is 4.79 Å². The van der Waals surface area contributed by atoms with Gasteiger partial charge < -0.3 is 20.4 Å². The molecular weight excluding hydrogens is 440 g/mol. The predicted molar refractivity (Wildman–Crippen MR) is 138 cm³/mol. The van der Waals surface area contributed by atoms with E-state index in [1.165, 1.54) is 63.1 Å². The van der Waals surface area contributed by atoms with Gasteiger partial charge in [-0.1, -0.05) is 18.6 Å². The molecule has 8 heteroatoms. The summed E-state index contributed by atoms with van der Waals surface area (Å²) in [4.78, 5) is 37.2. The van der Waals surface area contributed by atoms with Crippen LogP contribution < -0.4 is 15.5 Å². The number of carbonyl (C=O) groups excluding carboxylic acids is 2. The Bertz CT molecular complexity index is 1040. The fourth-order valence-electron chi connectivity index (χ4n) is 5.58. The molecule has 4 heterocycles. The zero-order valence-electron chi connectivity index (χ0n) is 20.4. The molecule has 186 valence electrons. The summed E-state index contributed by atoms with van der Waals surface area (Å²) in [5, 5.41) is 5.96. The van der Waals surface area contributed by atoms with Crippen LogP contribution in [0.2, 0.25) is 0 Å². The lowest BCUT2D eigenvalue weighted by Gasteiger charge is -2.34. The zero-order valence-corrected chi connectivity index (χ0v) is 20.4. The van der Waals surface area contributed by atoms with Crippen molar-refractivity contribution in [3.8, 4) is 0 Å². The van der Waals surface area contributed by atoms with E-state index >= 15 is 0 Å². The molecule has 2 fully saturated rings. The molecule has 3 aliphatic heterocycles.